The summed E-state index contributed by atoms with van der Waals surface area (Å²) < 4.78 is 2.15. The summed E-state index contributed by atoms with van der Waals surface area (Å²) in [5.74, 6) is 1.15. The lowest BCUT2D eigenvalue weighted by atomic mass is 10.0. The van der Waals surface area contributed by atoms with Gasteiger partial charge in [-0.2, -0.15) is 0 Å². The number of hydrogen-bond acceptors (Lipinski definition) is 3. The summed E-state index contributed by atoms with van der Waals surface area (Å²) in [5.41, 5.74) is 1.27. The molecule has 0 radical (unpaired) electrons. The number of hydrogen-bond donors (Lipinski definition) is 1. The van der Waals surface area contributed by atoms with Gasteiger partial charge in [0.25, 0.3) is 0 Å². The molecule has 1 aromatic heterocycles. The van der Waals surface area contributed by atoms with E-state index >= 15 is 0 Å². The number of imidazole rings is 1. The van der Waals surface area contributed by atoms with E-state index in [0.29, 0.717) is 13.1 Å². The van der Waals surface area contributed by atoms with Gasteiger partial charge >= 0.3 is 0 Å². The lowest BCUT2D eigenvalue weighted by molar-refractivity contribution is -0.125. The summed E-state index contributed by atoms with van der Waals surface area (Å²) in [7, 11) is 0. The van der Waals surface area contributed by atoms with Crippen LogP contribution in [0.15, 0.2) is 42.7 Å². The molecule has 5 heteroatoms. The van der Waals surface area contributed by atoms with Gasteiger partial charge in [-0.05, 0) is 18.9 Å². The van der Waals surface area contributed by atoms with Crippen molar-refractivity contribution in [3.63, 3.8) is 0 Å². The van der Waals surface area contributed by atoms with Crippen molar-refractivity contribution < 1.29 is 4.79 Å². The molecule has 1 unspecified atom stereocenters. The van der Waals surface area contributed by atoms with Crippen LogP contribution < -0.4 is 5.32 Å². The summed E-state index contributed by atoms with van der Waals surface area (Å²) in [5, 5.41) is 2.98. The van der Waals surface area contributed by atoms with Crippen LogP contribution in [0.4, 0.5) is 0 Å². The van der Waals surface area contributed by atoms with Crippen LogP contribution in [-0.2, 0) is 11.3 Å². The molecule has 2 heterocycles. The Kier molecular flexibility index (Phi) is 4.53. The molecule has 5 nitrogen and oxygen atoms in total. The molecule has 1 aliphatic rings. The van der Waals surface area contributed by atoms with Gasteiger partial charge in [0.05, 0.1) is 12.6 Å². The van der Waals surface area contributed by atoms with Crippen molar-refractivity contribution in [2.75, 3.05) is 19.6 Å². The normalized spacial score (nSPS) is 19.1. The van der Waals surface area contributed by atoms with Crippen molar-refractivity contribution in [3.05, 3.63) is 54.1 Å². The molecule has 1 aromatic carbocycles. The highest BCUT2D eigenvalue weighted by molar-refractivity contribution is 5.79. The molecule has 0 bridgehead atoms. The first kappa shape index (κ1) is 14.8. The highest BCUT2D eigenvalue weighted by Crippen LogP contribution is 2.22. The van der Waals surface area contributed by atoms with Gasteiger partial charge in [-0.3, -0.25) is 9.69 Å². The molecule has 116 valence electrons. The summed E-state index contributed by atoms with van der Waals surface area (Å²) in [6, 6.07) is 10.7. The largest absolute Gasteiger partial charge is 0.353 e. The van der Waals surface area contributed by atoms with Crippen LogP contribution >= 0.6 is 0 Å². The van der Waals surface area contributed by atoms with Gasteiger partial charge in [-0.15, -0.1) is 0 Å². The van der Waals surface area contributed by atoms with Gasteiger partial charge in [-0.1, -0.05) is 30.3 Å². The Hall–Kier alpha value is -2.14. The summed E-state index contributed by atoms with van der Waals surface area (Å²) in [6.07, 6.45) is 4.84. The maximum atomic E-state index is 11.7. The number of nitrogens with zero attached hydrogens (tertiary/aromatic N) is 3. The van der Waals surface area contributed by atoms with Crippen LogP contribution in [0.3, 0.4) is 0 Å². The van der Waals surface area contributed by atoms with Gasteiger partial charge in [0.1, 0.15) is 5.82 Å². The number of nitrogens with one attached hydrogen (secondary N) is 1. The van der Waals surface area contributed by atoms with Crippen LogP contribution in [-0.4, -0.2) is 40.0 Å². The number of rotatable bonds is 5. The third-order valence-electron chi connectivity index (χ3n) is 4.23. The SMILES string of the molecule is Cc1nccn1CCCN1CC(=O)NCC1c1ccccc1. The zero-order chi connectivity index (χ0) is 15.4. The van der Waals surface area contributed by atoms with Crippen molar-refractivity contribution in [2.45, 2.75) is 25.9 Å². The van der Waals surface area contributed by atoms with E-state index in [2.05, 4.69) is 44.0 Å². The third kappa shape index (κ3) is 3.36. The van der Waals surface area contributed by atoms with Crippen LogP contribution in [0.5, 0.6) is 0 Å². The minimum atomic E-state index is 0.117. The minimum absolute atomic E-state index is 0.117. The minimum Gasteiger partial charge on any atom is -0.353 e. The van der Waals surface area contributed by atoms with E-state index in [4.69, 9.17) is 0 Å². The molecule has 1 fully saturated rings. The van der Waals surface area contributed by atoms with Crippen molar-refractivity contribution in [1.29, 1.82) is 0 Å². The molecule has 3 rings (SSSR count). The molecule has 0 aliphatic carbocycles. The van der Waals surface area contributed by atoms with E-state index in [1.165, 1.54) is 5.56 Å². The van der Waals surface area contributed by atoms with Gasteiger partial charge in [0, 0.05) is 32.0 Å². The molecule has 1 amide bonds. The van der Waals surface area contributed by atoms with Crippen LogP contribution in [0.2, 0.25) is 0 Å². The highest BCUT2D eigenvalue weighted by Gasteiger charge is 2.27. The second-order valence-electron chi connectivity index (χ2n) is 5.72. The number of aromatic nitrogens is 2. The van der Waals surface area contributed by atoms with Gasteiger partial charge < -0.3 is 9.88 Å². The Bertz CT molecular complexity index is 623. The Balaban J connectivity index is 1.63. The summed E-state index contributed by atoms with van der Waals surface area (Å²) in [4.78, 5) is 18.2. The average molecular weight is 298 g/mol. The second kappa shape index (κ2) is 6.75. The van der Waals surface area contributed by atoms with E-state index in [-0.39, 0.29) is 11.9 Å². The second-order valence-corrected chi connectivity index (χ2v) is 5.72. The quantitative estimate of drug-likeness (QED) is 0.915. The maximum absolute atomic E-state index is 11.7. The van der Waals surface area contributed by atoms with E-state index < -0.39 is 0 Å². The van der Waals surface area contributed by atoms with Gasteiger partial charge in [0.2, 0.25) is 5.91 Å². The van der Waals surface area contributed by atoms with E-state index in [0.717, 1.165) is 25.3 Å². The first-order valence-corrected chi connectivity index (χ1v) is 7.77. The molecule has 1 saturated heterocycles. The summed E-state index contributed by atoms with van der Waals surface area (Å²) in [6.45, 7) is 5.02. The van der Waals surface area contributed by atoms with Crippen LogP contribution in [0.1, 0.15) is 23.9 Å². The van der Waals surface area contributed by atoms with E-state index in [1.54, 1.807) is 0 Å². The first-order chi connectivity index (χ1) is 10.7. The van der Waals surface area contributed by atoms with Crippen molar-refractivity contribution in [1.82, 2.24) is 19.8 Å². The number of amides is 1. The fourth-order valence-electron chi connectivity index (χ4n) is 3.01. The molecule has 0 saturated carbocycles. The van der Waals surface area contributed by atoms with Crippen molar-refractivity contribution in [2.24, 2.45) is 0 Å². The van der Waals surface area contributed by atoms with Crippen molar-refractivity contribution in [3.8, 4) is 0 Å². The summed E-state index contributed by atoms with van der Waals surface area (Å²) >= 11 is 0. The number of piperazine rings is 1. The van der Waals surface area contributed by atoms with Gasteiger partial charge in [-0.25, -0.2) is 4.98 Å². The molecule has 0 spiro atoms. The fraction of sp³-hybridized carbons (Fsp3) is 0.412. The smallest absolute Gasteiger partial charge is 0.234 e. The lowest BCUT2D eigenvalue weighted by Gasteiger charge is -2.35. The first-order valence-electron chi connectivity index (χ1n) is 7.77. The Morgan fingerprint density at radius 3 is 2.82 bits per heavy atom. The number of benzene rings is 1. The number of carbonyl (C=O) groups excluding carboxylic acids is 1. The monoisotopic (exact) mass is 298 g/mol. The van der Waals surface area contributed by atoms with Crippen LogP contribution in [0, 0.1) is 6.92 Å². The standard InChI is InChI=1S/C17H22N4O/c1-14-18-8-11-20(14)9-5-10-21-13-17(22)19-12-16(21)15-6-3-2-4-7-15/h2-4,6-8,11,16H,5,9-10,12-13H2,1H3,(H,19,22). The van der Waals surface area contributed by atoms with Crippen molar-refractivity contribution >= 4 is 5.91 Å². The molecular weight excluding hydrogens is 276 g/mol. The Morgan fingerprint density at radius 2 is 2.09 bits per heavy atom. The lowest BCUT2D eigenvalue weighted by Crippen LogP contribution is -2.49. The molecule has 1 aliphatic heterocycles. The third-order valence-corrected chi connectivity index (χ3v) is 4.23. The molecule has 1 atom stereocenters. The molecular formula is C17H22N4O. The average Bonchev–Trinajstić information content (AvgIpc) is 2.94. The molecule has 22 heavy (non-hydrogen) atoms. The van der Waals surface area contributed by atoms with E-state index in [9.17, 15) is 4.79 Å². The van der Waals surface area contributed by atoms with Crippen LogP contribution in [0.25, 0.3) is 0 Å². The highest BCUT2D eigenvalue weighted by atomic mass is 16.2. The maximum Gasteiger partial charge on any atom is 0.234 e. The molecule has 2 aromatic rings. The fourth-order valence-corrected chi connectivity index (χ4v) is 3.01. The molecule has 1 N–H and O–H groups in total. The van der Waals surface area contributed by atoms with Gasteiger partial charge in [0.15, 0.2) is 0 Å². The number of carbonyl (C=O) groups is 1. The van der Waals surface area contributed by atoms with E-state index in [1.807, 2.05) is 25.4 Å². The Labute approximate surface area is 131 Å². The Morgan fingerprint density at radius 1 is 1.27 bits per heavy atom. The predicted octanol–water partition coefficient (Wildman–Crippen LogP) is 1.75. The number of aryl methyl sites for hydroxylation is 2. The zero-order valence-electron chi connectivity index (χ0n) is 12.9. The topological polar surface area (TPSA) is 50.2 Å². The predicted molar refractivity (Wildman–Crippen MR) is 85.3 cm³/mol. The zero-order valence-corrected chi connectivity index (χ0v) is 12.9.